The first kappa shape index (κ1) is 23.7. The van der Waals surface area contributed by atoms with Crippen molar-refractivity contribution >= 4 is 17.6 Å². The van der Waals surface area contributed by atoms with Crippen LogP contribution in [-0.4, -0.2) is 34.2 Å². The van der Waals surface area contributed by atoms with Crippen LogP contribution in [0.15, 0.2) is 54.6 Å². The minimum Gasteiger partial charge on any atom is -0.374 e. The molecular formula is C27H32N4O3. The van der Waals surface area contributed by atoms with Crippen LogP contribution in [-0.2, 0) is 27.4 Å². The lowest BCUT2D eigenvalue weighted by Crippen LogP contribution is -2.24. The van der Waals surface area contributed by atoms with Gasteiger partial charge in [0, 0.05) is 24.6 Å². The normalized spacial score (nSPS) is 15.5. The fraction of sp³-hybridized carbons (Fsp3) is 0.370. The quantitative estimate of drug-likeness (QED) is 0.493. The van der Waals surface area contributed by atoms with Gasteiger partial charge in [0.15, 0.2) is 5.82 Å². The van der Waals surface area contributed by atoms with E-state index >= 15 is 0 Å². The van der Waals surface area contributed by atoms with Crippen LogP contribution < -0.4 is 10.6 Å². The maximum Gasteiger partial charge on any atom is 0.230 e. The van der Waals surface area contributed by atoms with Crippen molar-refractivity contribution in [2.45, 2.75) is 52.7 Å². The number of ether oxygens (including phenoxy) is 1. The highest BCUT2D eigenvalue weighted by molar-refractivity contribution is 5.97. The minimum absolute atomic E-state index is 0.0976. The highest BCUT2D eigenvalue weighted by Gasteiger charge is 2.28. The first-order valence-corrected chi connectivity index (χ1v) is 11.9. The number of anilines is 1. The van der Waals surface area contributed by atoms with Crippen LogP contribution in [0.4, 0.5) is 5.82 Å². The van der Waals surface area contributed by atoms with Gasteiger partial charge in [-0.3, -0.25) is 9.59 Å². The Morgan fingerprint density at radius 2 is 1.97 bits per heavy atom. The second-order valence-electron chi connectivity index (χ2n) is 9.00. The van der Waals surface area contributed by atoms with E-state index in [2.05, 4.69) is 47.9 Å². The Kier molecular flexibility index (Phi) is 7.43. The zero-order valence-electron chi connectivity index (χ0n) is 20.0. The molecule has 0 spiro atoms. The molecule has 7 heteroatoms. The van der Waals surface area contributed by atoms with Gasteiger partial charge in [0.2, 0.25) is 11.8 Å². The van der Waals surface area contributed by atoms with Crippen LogP contribution >= 0.6 is 0 Å². The highest BCUT2D eigenvalue weighted by Crippen LogP contribution is 2.28. The number of rotatable bonds is 9. The van der Waals surface area contributed by atoms with Gasteiger partial charge in [-0.1, -0.05) is 43.7 Å². The summed E-state index contributed by atoms with van der Waals surface area (Å²) in [7, 11) is 0. The first-order valence-electron chi connectivity index (χ1n) is 11.9. The van der Waals surface area contributed by atoms with E-state index in [9.17, 15) is 9.59 Å². The molecule has 1 aliphatic rings. The van der Waals surface area contributed by atoms with Gasteiger partial charge in [0.1, 0.15) is 0 Å². The van der Waals surface area contributed by atoms with Gasteiger partial charge in [-0.05, 0) is 49.6 Å². The van der Waals surface area contributed by atoms with E-state index in [0.717, 1.165) is 35.3 Å². The number of aryl methyl sites for hydroxylation is 1. The van der Waals surface area contributed by atoms with Crippen molar-refractivity contribution in [3.05, 3.63) is 65.7 Å². The number of amides is 2. The van der Waals surface area contributed by atoms with Crippen molar-refractivity contribution in [3.8, 4) is 16.9 Å². The number of benzene rings is 2. The first-order chi connectivity index (χ1) is 16.4. The lowest BCUT2D eigenvalue weighted by atomic mass is 10.0. The van der Waals surface area contributed by atoms with Gasteiger partial charge in [-0.15, -0.1) is 5.10 Å². The fourth-order valence-electron chi connectivity index (χ4n) is 4.08. The van der Waals surface area contributed by atoms with Crippen molar-refractivity contribution in [1.82, 2.24) is 15.1 Å². The number of hydrogen-bond acceptors (Lipinski definition) is 4. The minimum atomic E-state index is -0.384. The Hall–Kier alpha value is -3.45. The molecule has 0 saturated carbocycles. The average molecular weight is 461 g/mol. The van der Waals surface area contributed by atoms with Gasteiger partial charge in [0.05, 0.1) is 30.0 Å². The molecule has 2 amide bonds. The second-order valence-corrected chi connectivity index (χ2v) is 9.00. The predicted octanol–water partition coefficient (Wildman–Crippen LogP) is 4.49. The third-order valence-corrected chi connectivity index (χ3v) is 5.81. The van der Waals surface area contributed by atoms with Crippen LogP contribution in [0.1, 0.15) is 44.7 Å². The molecule has 0 unspecified atom stereocenters. The van der Waals surface area contributed by atoms with Crippen molar-refractivity contribution < 1.29 is 14.3 Å². The Morgan fingerprint density at radius 1 is 1.18 bits per heavy atom. The molecule has 0 radical (unpaired) electrons. The smallest absolute Gasteiger partial charge is 0.230 e. The van der Waals surface area contributed by atoms with Crippen molar-refractivity contribution in [1.29, 1.82) is 0 Å². The molecule has 1 saturated heterocycles. The maximum absolute atomic E-state index is 12.7. The summed E-state index contributed by atoms with van der Waals surface area (Å²) in [6, 6.07) is 18.4. The van der Waals surface area contributed by atoms with Crippen molar-refractivity contribution in [2.24, 2.45) is 5.92 Å². The molecule has 3 aromatic rings. The van der Waals surface area contributed by atoms with Crippen LogP contribution in [0.25, 0.3) is 16.9 Å². The number of nitrogens with zero attached hydrogens (tertiary/aromatic N) is 2. The Labute approximate surface area is 200 Å². The lowest BCUT2D eigenvalue weighted by Gasteiger charge is -2.12. The number of hydrogen-bond donors (Lipinski definition) is 2. The molecule has 178 valence electrons. The number of aromatic nitrogens is 2. The van der Waals surface area contributed by atoms with Gasteiger partial charge < -0.3 is 15.4 Å². The van der Waals surface area contributed by atoms with E-state index in [-0.39, 0.29) is 30.3 Å². The fourth-order valence-corrected chi connectivity index (χ4v) is 4.08. The van der Waals surface area contributed by atoms with Crippen molar-refractivity contribution in [3.63, 3.8) is 0 Å². The third-order valence-electron chi connectivity index (χ3n) is 5.81. The molecule has 1 fully saturated rings. The summed E-state index contributed by atoms with van der Waals surface area (Å²) >= 11 is 0. The summed E-state index contributed by atoms with van der Waals surface area (Å²) in [5.74, 6) is -0.220. The zero-order valence-corrected chi connectivity index (χ0v) is 20.0. The molecule has 1 aliphatic heterocycles. The van der Waals surface area contributed by atoms with Crippen LogP contribution in [0, 0.1) is 5.92 Å². The second kappa shape index (κ2) is 10.7. The molecule has 4 rings (SSSR count). The Balaban J connectivity index is 1.69. The van der Waals surface area contributed by atoms with Crippen molar-refractivity contribution in [2.75, 3.05) is 11.9 Å². The van der Waals surface area contributed by atoms with Gasteiger partial charge in [0.25, 0.3) is 0 Å². The molecule has 2 heterocycles. The van der Waals surface area contributed by atoms with E-state index in [1.54, 1.807) is 0 Å². The number of carbonyl (C=O) groups excluding carboxylic acids is 2. The van der Waals surface area contributed by atoms with Crippen LogP contribution in [0.3, 0.4) is 0 Å². The summed E-state index contributed by atoms with van der Waals surface area (Å²) in [6.45, 7) is 7.07. The molecule has 0 bridgehead atoms. The molecule has 1 atom stereocenters. The standard InChI is InChI=1S/C27H32N4O3/c1-4-7-19-8-5-10-21(12-19)24-15-25(29-27(33)22-14-26(32)28-16-22)30-31(24)23-11-6-9-20(13-23)17-34-18(2)3/h5-6,8-13,15,18,22H,4,7,14,16-17H2,1-3H3,(H,28,32)(H,29,30,33)/t22-/m0/s1. The van der Waals surface area contributed by atoms with E-state index in [1.807, 2.05) is 42.8 Å². The number of carbonyl (C=O) groups is 2. The summed E-state index contributed by atoms with van der Waals surface area (Å²) < 4.78 is 7.64. The topological polar surface area (TPSA) is 85.3 Å². The predicted molar refractivity (Wildman–Crippen MR) is 133 cm³/mol. The molecule has 2 N–H and O–H groups in total. The molecule has 0 aliphatic carbocycles. The summed E-state index contributed by atoms with van der Waals surface area (Å²) in [6.07, 6.45) is 2.41. The van der Waals surface area contributed by atoms with Gasteiger partial charge in [-0.2, -0.15) is 0 Å². The van der Waals surface area contributed by atoms with E-state index in [0.29, 0.717) is 19.0 Å². The van der Waals surface area contributed by atoms with E-state index < -0.39 is 0 Å². The molecule has 1 aromatic heterocycles. The molecule has 34 heavy (non-hydrogen) atoms. The third kappa shape index (κ3) is 5.72. The Morgan fingerprint density at radius 3 is 2.71 bits per heavy atom. The SMILES string of the molecule is CCCc1cccc(-c2cc(NC(=O)[C@@H]3CNC(=O)C3)nn2-c2cccc(COC(C)C)c2)c1. The monoisotopic (exact) mass is 460 g/mol. The van der Waals surface area contributed by atoms with Gasteiger partial charge in [-0.25, -0.2) is 4.68 Å². The van der Waals surface area contributed by atoms with Crippen LogP contribution in [0.5, 0.6) is 0 Å². The Bertz CT molecular complexity index is 1170. The van der Waals surface area contributed by atoms with Crippen LogP contribution in [0.2, 0.25) is 0 Å². The summed E-state index contributed by atoms with van der Waals surface area (Å²) in [4.78, 5) is 24.3. The van der Waals surface area contributed by atoms with E-state index in [1.165, 1.54) is 5.56 Å². The number of nitrogens with one attached hydrogen (secondary N) is 2. The molecule has 2 aromatic carbocycles. The zero-order chi connectivity index (χ0) is 24.1. The molecular weight excluding hydrogens is 428 g/mol. The summed E-state index contributed by atoms with van der Waals surface area (Å²) in [5, 5.41) is 10.4. The van der Waals surface area contributed by atoms with E-state index in [4.69, 9.17) is 9.84 Å². The average Bonchev–Trinajstić information content (AvgIpc) is 3.45. The largest absolute Gasteiger partial charge is 0.374 e. The highest BCUT2D eigenvalue weighted by atomic mass is 16.5. The maximum atomic E-state index is 12.7. The van der Waals surface area contributed by atoms with Gasteiger partial charge >= 0.3 is 0 Å². The molecule has 7 nitrogen and oxygen atoms in total. The summed E-state index contributed by atoms with van der Waals surface area (Å²) in [5.41, 5.74) is 5.11. The lowest BCUT2D eigenvalue weighted by molar-refractivity contribution is -0.123.